The maximum Gasteiger partial charge on any atom is 0.433 e. The van der Waals surface area contributed by atoms with Crippen molar-refractivity contribution in [3.8, 4) is 5.88 Å². The van der Waals surface area contributed by atoms with Gasteiger partial charge >= 0.3 is 6.18 Å². The van der Waals surface area contributed by atoms with E-state index in [1.54, 1.807) is 0 Å². The molecule has 9 heteroatoms. The summed E-state index contributed by atoms with van der Waals surface area (Å²) in [4.78, 5) is 16.0. The van der Waals surface area contributed by atoms with Crippen molar-refractivity contribution in [1.82, 2.24) is 14.8 Å². The molecule has 0 aliphatic heterocycles. The van der Waals surface area contributed by atoms with Crippen LogP contribution in [0.5, 0.6) is 5.88 Å². The van der Waals surface area contributed by atoms with Gasteiger partial charge in [-0.2, -0.15) is 18.3 Å². The van der Waals surface area contributed by atoms with E-state index in [1.165, 1.54) is 21.1 Å². The summed E-state index contributed by atoms with van der Waals surface area (Å²) in [6.45, 7) is 1.24. The van der Waals surface area contributed by atoms with Gasteiger partial charge in [-0.25, -0.2) is 9.67 Å². The minimum absolute atomic E-state index is 0.0774. The van der Waals surface area contributed by atoms with Crippen molar-refractivity contribution < 1.29 is 27.8 Å². The summed E-state index contributed by atoms with van der Waals surface area (Å²) >= 11 is 0. The third-order valence-electron chi connectivity index (χ3n) is 3.21. The molecule has 0 radical (unpaired) electrons. The third-order valence-corrected chi connectivity index (χ3v) is 3.21. The van der Waals surface area contributed by atoms with Crippen molar-refractivity contribution in [2.45, 2.75) is 19.7 Å². The molecule has 23 heavy (non-hydrogen) atoms. The average Bonchev–Trinajstić information content (AvgIpc) is 2.71. The summed E-state index contributed by atoms with van der Waals surface area (Å²) in [7, 11) is 2.73. The van der Waals surface area contributed by atoms with Crippen LogP contribution in [-0.4, -0.2) is 32.8 Å². The molecule has 0 spiro atoms. The van der Waals surface area contributed by atoms with Gasteiger partial charge in [-0.15, -0.1) is 0 Å². The predicted molar refractivity (Wildman–Crippen MR) is 73.0 cm³/mol. The first-order chi connectivity index (χ1) is 10.7. The van der Waals surface area contributed by atoms with E-state index in [0.29, 0.717) is 0 Å². The number of hydrogen-bond donors (Lipinski definition) is 1. The van der Waals surface area contributed by atoms with Gasteiger partial charge < -0.3 is 9.84 Å². The molecule has 2 heterocycles. The van der Waals surface area contributed by atoms with Crippen molar-refractivity contribution in [2.24, 2.45) is 7.05 Å². The van der Waals surface area contributed by atoms with Gasteiger partial charge in [0.25, 0.3) is 0 Å². The lowest BCUT2D eigenvalue weighted by molar-refractivity contribution is -0.141. The van der Waals surface area contributed by atoms with Crippen molar-refractivity contribution >= 4 is 5.78 Å². The lowest BCUT2D eigenvalue weighted by Crippen LogP contribution is -2.14. The smallest absolute Gasteiger partial charge is 0.433 e. The van der Waals surface area contributed by atoms with Crippen LogP contribution in [0.15, 0.2) is 12.1 Å². The Morgan fingerprint density at radius 2 is 2.04 bits per heavy atom. The van der Waals surface area contributed by atoms with Gasteiger partial charge in [-0.1, -0.05) is 0 Å². The highest BCUT2D eigenvalue weighted by Crippen LogP contribution is 2.30. The molecule has 0 unspecified atom stereocenters. The minimum Gasteiger partial charge on any atom is -0.493 e. The number of ketones is 1. The fourth-order valence-corrected chi connectivity index (χ4v) is 2.16. The second-order valence-electron chi connectivity index (χ2n) is 4.86. The van der Waals surface area contributed by atoms with E-state index in [-0.39, 0.29) is 35.0 Å². The minimum atomic E-state index is -4.63. The van der Waals surface area contributed by atoms with Crippen LogP contribution in [0.2, 0.25) is 0 Å². The number of aryl methyl sites for hydroxylation is 2. The number of aromatic hydroxyl groups is 1. The number of rotatable bonds is 4. The van der Waals surface area contributed by atoms with Crippen LogP contribution in [0.25, 0.3) is 0 Å². The quantitative estimate of drug-likeness (QED) is 0.871. The molecule has 0 bridgehead atoms. The van der Waals surface area contributed by atoms with Crippen molar-refractivity contribution in [3.05, 3.63) is 40.3 Å². The summed E-state index contributed by atoms with van der Waals surface area (Å²) in [6, 6.07) is 1.74. The maximum atomic E-state index is 12.8. The molecule has 6 nitrogen and oxygen atoms in total. The van der Waals surface area contributed by atoms with Gasteiger partial charge in [0, 0.05) is 19.7 Å². The zero-order valence-corrected chi connectivity index (χ0v) is 12.6. The zero-order chi connectivity index (χ0) is 17.4. The SMILES string of the molecule is COCc1nc(C(F)(F)F)ccc1C(=O)c1c(C)nn(C)c1O. The molecule has 0 saturated heterocycles. The molecule has 0 aliphatic carbocycles. The molecular weight excluding hydrogens is 315 g/mol. The Bertz CT molecular complexity index is 754. The van der Waals surface area contributed by atoms with Crippen LogP contribution in [-0.2, 0) is 24.6 Å². The summed E-state index contributed by atoms with van der Waals surface area (Å²) < 4.78 is 44.2. The molecule has 0 atom stereocenters. The number of pyridine rings is 1. The topological polar surface area (TPSA) is 77.2 Å². The molecular formula is C14H14F3N3O3. The van der Waals surface area contributed by atoms with Gasteiger partial charge in [0.05, 0.1) is 18.0 Å². The second kappa shape index (κ2) is 5.99. The number of halogens is 3. The first-order valence-corrected chi connectivity index (χ1v) is 6.50. The largest absolute Gasteiger partial charge is 0.493 e. The van der Waals surface area contributed by atoms with Crippen molar-refractivity contribution in [1.29, 1.82) is 0 Å². The standard InChI is InChI=1S/C14H14F3N3O3/c1-7-11(13(22)20(2)19-7)12(21)8-4-5-10(14(15,16)17)18-9(8)6-23-3/h4-5,22H,6H2,1-3H3. The van der Waals surface area contributed by atoms with E-state index in [9.17, 15) is 23.1 Å². The van der Waals surface area contributed by atoms with Crippen molar-refractivity contribution in [2.75, 3.05) is 7.11 Å². The molecule has 2 aromatic heterocycles. The Balaban J connectivity index is 2.56. The predicted octanol–water partition coefficient (Wildman–Crippen LogP) is 2.23. The molecule has 2 aromatic rings. The Hall–Kier alpha value is -2.42. The molecule has 0 saturated carbocycles. The van der Waals surface area contributed by atoms with Crippen LogP contribution in [0.1, 0.15) is 33.0 Å². The fourth-order valence-electron chi connectivity index (χ4n) is 2.16. The van der Waals surface area contributed by atoms with Gasteiger partial charge in [-0.05, 0) is 19.1 Å². The van der Waals surface area contributed by atoms with Crippen LogP contribution < -0.4 is 0 Å². The summed E-state index contributed by atoms with van der Waals surface area (Å²) in [5, 5.41) is 13.8. The second-order valence-corrected chi connectivity index (χ2v) is 4.86. The average molecular weight is 329 g/mol. The monoisotopic (exact) mass is 329 g/mol. The van der Waals surface area contributed by atoms with E-state index < -0.39 is 17.7 Å². The first-order valence-electron chi connectivity index (χ1n) is 6.50. The number of aromatic nitrogens is 3. The third kappa shape index (κ3) is 3.19. The molecule has 0 amide bonds. The number of methoxy groups -OCH3 is 1. The number of alkyl halides is 3. The molecule has 124 valence electrons. The van der Waals surface area contributed by atoms with Gasteiger partial charge in [0.2, 0.25) is 11.7 Å². The van der Waals surface area contributed by atoms with Crippen LogP contribution >= 0.6 is 0 Å². The van der Waals surface area contributed by atoms with E-state index in [4.69, 9.17) is 4.74 Å². The summed E-state index contributed by atoms with van der Waals surface area (Å²) in [6.07, 6.45) is -4.63. The molecule has 1 N–H and O–H groups in total. The number of ether oxygens (including phenoxy) is 1. The summed E-state index contributed by atoms with van der Waals surface area (Å²) in [5.74, 6) is -1.03. The highest BCUT2D eigenvalue weighted by molar-refractivity contribution is 6.11. The molecule has 2 rings (SSSR count). The van der Waals surface area contributed by atoms with Crippen LogP contribution in [0, 0.1) is 6.92 Å². The van der Waals surface area contributed by atoms with E-state index >= 15 is 0 Å². The first kappa shape index (κ1) is 16.9. The fraction of sp³-hybridized carbons (Fsp3) is 0.357. The van der Waals surface area contributed by atoms with Gasteiger partial charge in [0.1, 0.15) is 11.3 Å². The Labute approximate surface area is 129 Å². The molecule has 0 aliphatic rings. The van der Waals surface area contributed by atoms with E-state index in [1.807, 2.05) is 0 Å². The highest BCUT2D eigenvalue weighted by Gasteiger charge is 2.34. The lowest BCUT2D eigenvalue weighted by atomic mass is 10.0. The Morgan fingerprint density at radius 3 is 2.52 bits per heavy atom. The number of carbonyl (C=O) groups is 1. The maximum absolute atomic E-state index is 12.8. The summed E-state index contributed by atoms with van der Waals surface area (Å²) in [5.41, 5.74) is -1.17. The van der Waals surface area contributed by atoms with E-state index in [0.717, 1.165) is 16.8 Å². The lowest BCUT2D eigenvalue weighted by Gasteiger charge is -2.11. The van der Waals surface area contributed by atoms with Gasteiger partial charge in [0.15, 0.2) is 0 Å². The Morgan fingerprint density at radius 1 is 1.39 bits per heavy atom. The number of carbonyl (C=O) groups excluding carboxylic acids is 1. The highest BCUT2D eigenvalue weighted by atomic mass is 19.4. The van der Waals surface area contributed by atoms with Crippen LogP contribution in [0.3, 0.4) is 0 Å². The van der Waals surface area contributed by atoms with Crippen molar-refractivity contribution in [3.63, 3.8) is 0 Å². The number of hydrogen-bond acceptors (Lipinski definition) is 5. The molecule has 0 fully saturated rings. The zero-order valence-electron chi connectivity index (χ0n) is 12.6. The molecule has 0 aromatic carbocycles. The normalized spacial score (nSPS) is 11.7. The van der Waals surface area contributed by atoms with E-state index in [2.05, 4.69) is 10.1 Å². The number of nitrogens with zero attached hydrogens (tertiary/aromatic N) is 3. The van der Waals surface area contributed by atoms with Gasteiger partial charge in [-0.3, -0.25) is 4.79 Å². The van der Waals surface area contributed by atoms with Crippen LogP contribution in [0.4, 0.5) is 13.2 Å². The Kier molecular flexibility index (Phi) is 4.42.